The van der Waals surface area contributed by atoms with Crippen LogP contribution in [0, 0.1) is 13.8 Å². The normalized spacial score (nSPS) is 13.6. The fourth-order valence-corrected chi connectivity index (χ4v) is 5.37. The van der Waals surface area contributed by atoms with Crippen LogP contribution in [0.3, 0.4) is 0 Å². The maximum atomic E-state index is 12.7. The third-order valence-corrected chi connectivity index (χ3v) is 7.54. The molecule has 0 atom stereocenters. The van der Waals surface area contributed by atoms with Crippen LogP contribution in [0.4, 0.5) is 9.59 Å². The number of aromatic hydroxyl groups is 2. The topological polar surface area (TPSA) is 107 Å². The van der Waals surface area contributed by atoms with Crippen LogP contribution in [0.2, 0.25) is 0 Å². The number of aromatic nitrogens is 2. The molecule has 0 spiro atoms. The molecule has 3 heterocycles. The average molecular weight is 501 g/mol. The molecule has 2 amide bonds. The fraction of sp³-hybridized carbons (Fsp3) is 0.333. The molecule has 0 radical (unpaired) electrons. The number of thioether (sulfide) groups is 2. The highest BCUT2D eigenvalue weighted by Gasteiger charge is 2.25. The molecule has 2 aromatic rings. The SMILES string of the molecule is C=Cc1cnc(C)c(O)c1CSC(=O)N1CCN(C(=O)SCc2c(C=C)cnc(C)c2O)CC1. The van der Waals surface area contributed by atoms with Gasteiger partial charge in [0.2, 0.25) is 0 Å². The summed E-state index contributed by atoms with van der Waals surface area (Å²) in [5, 5.41) is 20.4. The van der Waals surface area contributed by atoms with E-state index in [1.807, 2.05) is 0 Å². The van der Waals surface area contributed by atoms with Crippen LogP contribution in [-0.4, -0.2) is 66.6 Å². The molecule has 8 nitrogen and oxygen atoms in total. The van der Waals surface area contributed by atoms with Crippen molar-refractivity contribution in [1.82, 2.24) is 19.8 Å². The predicted octanol–water partition coefficient (Wildman–Crippen LogP) is 4.81. The van der Waals surface area contributed by atoms with Crippen molar-refractivity contribution < 1.29 is 19.8 Å². The number of hydrogen-bond donors (Lipinski definition) is 2. The van der Waals surface area contributed by atoms with E-state index in [0.717, 1.165) is 23.5 Å². The molecule has 1 saturated heterocycles. The number of carbonyl (C=O) groups is 2. The Morgan fingerprint density at radius 3 is 1.53 bits per heavy atom. The smallest absolute Gasteiger partial charge is 0.282 e. The van der Waals surface area contributed by atoms with E-state index < -0.39 is 0 Å². The van der Waals surface area contributed by atoms with Crippen LogP contribution in [0.15, 0.2) is 25.6 Å². The van der Waals surface area contributed by atoms with Gasteiger partial charge in [0, 0.05) is 61.2 Å². The van der Waals surface area contributed by atoms with Crippen LogP contribution in [0.1, 0.15) is 33.6 Å². The van der Waals surface area contributed by atoms with Gasteiger partial charge in [0.1, 0.15) is 11.5 Å². The minimum absolute atomic E-state index is 0.0835. The molecule has 180 valence electrons. The largest absolute Gasteiger partial charge is 0.506 e. The Bertz CT molecular complexity index is 1030. The van der Waals surface area contributed by atoms with Crippen LogP contribution in [0.5, 0.6) is 11.5 Å². The van der Waals surface area contributed by atoms with Crippen LogP contribution in [-0.2, 0) is 11.5 Å². The Hall–Kier alpha value is -2.98. The van der Waals surface area contributed by atoms with Crippen LogP contribution < -0.4 is 0 Å². The third-order valence-electron chi connectivity index (χ3n) is 5.66. The summed E-state index contributed by atoms with van der Waals surface area (Å²) in [6.45, 7) is 12.6. The zero-order chi connectivity index (χ0) is 24.8. The summed E-state index contributed by atoms with van der Waals surface area (Å²) < 4.78 is 0. The van der Waals surface area contributed by atoms with E-state index in [0.29, 0.717) is 71.3 Å². The van der Waals surface area contributed by atoms with E-state index in [1.54, 1.807) is 48.2 Å². The van der Waals surface area contributed by atoms with Crippen molar-refractivity contribution in [1.29, 1.82) is 0 Å². The number of amides is 2. The van der Waals surface area contributed by atoms with E-state index in [-0.39, 0.29) is 22.0 Å². The summed E-state index contributed by atoms with van der Waals surface area (Å²) in [5.74, 6) is 0.788. The molecule has 34 heavy (non-hydrogen) atoms. The summed E-state index contributed by atoms with van der Waals surface area (Å²) in [6.07, 6.45) is 6.49. The van der Waals surface area contributed by atoms with Gasteiger partial charge in [-0.05, 0) is 25.0 Å². The first-order chi connectivity index (χ1) is 16.3. The quantitative estimate of drug-likeness (QED) is 0.582. The number of aryl methyl sites for hydroxylation is 2. The standard InChI is InChI=1S/C24H28N4O4S2/c1-5-17-11-25-15(3)21(29)19(17)13-33-23(31)27-7-9-28(10-8-27)24(32)34-14-20-18(6-2)12-26-16(4)22(20)30/h5-6,11-12,29-30H,1-2,7-10,13-14H2,3-4H3. The molecule has 0 bridgehead atoms. The highest BCUT2D eigenvalue weighted by Crippen LogP contribution is 2.31. The predicted molar refractivity (Wildman–Crippen MR) is 138 cm³/mol. The van der Waals surface area contributed by atoms with Crippen molar-refractivity contribution in [3.63, 3.8) is 0 Å². The molecule has 0 aromatic carbocycles. The molecule has 1 aliphatic rings. The Kier molecular flexibility index (Phi) is 8.62. The molecule has 2 N–H and O–H groups in total. The number of rotatable bonds is 6. The Labute approximate surface area is 207 Å². The van der Waals surface area contributed by atoms with E-state index in [4.69, 9.17) is 0 Å². The van der Waals surface area contributed by atoms with Crippen molar-refractivity contribution in [3.05, 3.63) is 59.2 Å². The maximum Gasteiger partial charge on any atom is 0.282 e. The van der Waals surface area contributed by atoms with Crippen molar-refractivity contribution in [2.45, 2.75) is 25.4 Å². The molecule has 10 heteroatoms. The van der Waals surface area contributed by atoms with E-state index in [2.05, 4.69) is 23.1 Å². The number of piperazine rings is 1. The molecule has 0 saturated carbocycles. The molecule has 1 fully saturated rings. The lowest BCUT2D eigenvalue weighted by Crippen LogP contribution is -2.48. The van der Waals surface area contributed by atoms with Gasteiger partial charge in [0.05, 0.1) is 11.4 Å². The maximum absolute atomic E-state index is 12.7. The zero-order valence-corrected chi connectivity index (χ0v) is 20.9. The summed E-state index contributed by atoms with van der Waals surface area (Å²) >= 11 is 2.22. The van der Waals surface area contributed by atoms with E-state index >= 15 is 0 Å². The van der Waals surface area contributed by atoms with Crippen molar-refractivity contribution in [3.8, 4) is 11.5 Å². The lowest BCUT2D eigenvalue weighted by Gasteiger charge is -2.34. The van der Waals surface area contributed by atoms with Crippen molar-refractivity contribution >= 4 is 46.2 Å². The van der Waals surface area contributed by atoms with E-state index in [9.17, 15) is 19.8 Å². The third kappa shape index (κ3) is 5.74. The van der Waals surface area contributed by atoms with Crippen LogP contribution >= 0.6 is 23.5 Å². The van der Waals surface area contributed by atoms with Gasteiger partial charge in [0.25, 0.3) is 10.5 Å². The van der Waals surface area contributed by atoms with Gasteiger partial charge in [-0.15, -0.1) is 0 Å². The second-order valence-corrected chi connectivity index (χ2v) is 9.60. The monoisotopic (exact) mass is 500 g/mol. The van der Waals surface area contributed by atoms with Gasteiger partial charge >= 0.3 is 0 Å². The molecule has 0 aliphatic carbocycles. The minimum atomic E-state index is -0.101. The second-order valence-electron chi connectivity index (χ2n) is 7.74. The fourth-order valence-electron chi connectivity index (χ4n) is 3.50. The summed E-state index contributed by atoms with van der Waals surface area (Å²) in [6, 6.07) is 0. The molecule has 2 aromatic heterocycles. The Morgan fingerprint density at radius 1 is 0.853 bits per heavy atom. The van der Waals surface area contributed by atoms with Gasteiger partial charge in [-0.1, -0.05) is 48.8 Å². The first-order valence-electron chi connectivity index (χ1n) is 10.7. The zero-order valence-electron chi connectivity index (χ0n) is 19.3. The second kappa shape index (κ2) is 11.4. The van der Waals surface area contributed by atoms with Crippen molar-refractivity contribution in [2.24, 2.45) is 0 Å². The molecule has 1 aliphatic heterocycles. The molecular formula is C24H28N4O4S2. The van der Waals surface area contributed by atoms with Gasteiger partial charge in [0.15, 0.2) is 0 Å². The highest BCUT2D eigenvalue weighted by atomic mass is 32.2. The lowest BCUT2D eigenvalue weighted by atomic mass is 10.1. The van der Waals surface area contributed by atoms with Crippen molar-refractivity contribution in [2.75, 3.05) is 26.2 Å². The Morgan fingerprint density at radius 2 is 1.21 bits per heavy atom. The van der Waals surface area contributed by atoms with Gasteiger partial charge < -0.3 is 20.0 Å². The van der Waals surface area contributed by atoms with Gasteiger partial charge in [-0.25, -0.2) is 0 Å². The lowest BCUT2D eigenvalue weighted by molar-refractivity contribution is 0.168. The van der Waals surface area contributed by atoms with Gasteiger partial charge in [-0.3, -0.25) is 19.6 Å². The molecular weight excluding hydrogens is 472 g/mol. The molecule has 0 unspecified atom stereocenters. The van der Waals surface area contributed by atoms with Gasteiger partial charge in [-0.2, -0.15) is 0 Å². The summed E-state index contributed by atoms with van der Waals surface area (Å²) in [4.78, 5) is 37.1. The highest BCUT2D eigenvalue weighted by molar-refractivity contribution is 8.13. The number of nitrogens with zero attached hydrogens (tertiary/aromatic N) is 4. The first-order valence-corrected chi connectivity index (χ1v) is 12.7. The van der Waals surface area contributed by atoms with Crippen LogP contribution in [0.25, 0.3) is 12.2 Å². The molecule has 3 rings (SSSR count). The minimum Gasteiger partial charge on any atom is -0.506 e. The number of hydrogen-bond acceptors (Lipinski definition) is 8. The average Bonchev–Trinajstić information content (AvgIpc) is 2.85. The first kappa shape index (κ1) is 25.6. The Balaban J connectivity index is 1.52. The number of pyridine rings is 2. The number of carbonyl (C=O) groups excluding carboxylic acids is 2. The van der Waals surface area contributed by atoms with E-state index in [1.165, 1.54) is 0 Å². The summed E-state index contributed by atoms with van der Waals surface area (Å²) in [5.41, 5.74) is 3.69. The summed E-state index contributed by atoms with van der Waals surface area (Å²) in [7, 11) is 0.